The molecule has 3 nitrogen and oxygen atoms in total. The van der Waals surface area contributed by atoms with E-state index in [1.807, 2.05) is 31.3 Å². The molecular formula is C12H17ClN2O. The highest BCUT2D eigenvalue weighted by molar-refractivity contribution is 6.30. The number of rotatable bonds is 3. The van der Waals surface area contributed by atoms with Crippen LogP contribution in [-0.2, 0) is 4.74 Å². The second kappa shape index (κ2) is 5.64. The number of hydrogen-bond donors (Lipinski definition) is 2. The van der Waals surface area contributed by atoms with Crippen molar-refractivity contribution in [2.24, 2.45) is 0 Å². The zero-order valence-electron chi connectivity index (χ0n) is 9.37. The number of benzene rings is 1. The van der Waals surface area contributed by atoms with E-state index in [9.17, 15) is 0 Å². The third-order valence-corrected chi connectivity index (χ3v) is 3.12. The summed E-state index contributed by atoms with van der Waals surface area (Å²) in [6.45, 7) is 2.60. The van der Waals surface area contributed by atoms with Crippen molar-refractivity contribution in [1.29, 1.82) is 0 Å². The molecule has 1 aromatic rings. The predicted octanol–water partition coefficient (Wildman–Crippen LogP) is 1.59. The molecule has 88 valence electrons. The summed E-state index contributed by atoms with van der Waals surface area (Å²) >= 11 is 5.88. The molecule has 0 aliphatic carbocycles. The van der Waals surface area contributed by atoms with Gasteiger partial charge in [-0.15, -0.1) is 0 Å². The number of halogens is 1. The van der Waals surface area contributed by atoms with E-state index in [2.05, 4.69) is 10.6 Å². The number of morpholine rings is 1. The van der Waals surface area contributed by atoms with Crippen LogP contribution in [0.15, 0.2) is 24.3 Å². The maximum atomic E-state index is 5.88. The van der Waals surface area contributed by atoms with Crippen molar-refractivity contribution in [2.45, 2.75) is 12.1 Å². The monoisotopic (exact) mass is 240 g/mol. The molecule has 0 radical (unpaired) electrons. The fourth-order valence-corrected chi connectivity index (χ4v) is 2.16. The fraction of sp³-hybridized carbons (Fsp3) is 0.500. The SMILES string of the molecule is CNC(c1ccc(Cl)cc1)C1CNCCO1. The first-order valence-corrected chi connectivity index (χ1v) is 5.94. The lowest BCUT2D eigenvalue weighted by Crippen LogP contribution is -2.45. The first kappa shape index (κ1) is 11.9. The third kappa shape index (κ3) is 2.74. The first-order chi connectivity index (χ1) is 7.81. The summed E-state index contributed by atoms with van der Waals surface area (Å²) in [4.78, 5) is 0. The highest BCUT2D eigenvalue weighted by atomic mass is 35.5. The summed E-state index contributed by atoms with van der Waals surface area (Å²) < 4.78 is 5.76. The van der Waals surface area contributed by atoms with E-state index in [0.717, 1.165) is 24.7 Å². The minimum absolute atomic E-state index is 0.180. The van der Waals surface area contributed by atoms with Crippen molar-refractivity contribution < 1.29 is 4.74 Å². The lowest BCUT2D eigenvalue weighted by Gasteiger charge is -2.31. The molecule has 2 atom stereocenters. The van der Waals surface area contributed by atoms with E-state index in [4.69, 9.17) is 16.3 Å². The molecule has 2 rings (SSSR count). The molecule has 0 aromatic heterocycles. The van der Waals surface area contributed by atoms with Gasteiger partial charge in [0.2, 0.25) is 0 Å². The van der Waals surface area contributed by atoms with Gasteiger partial charge in [-0.2, -0.15) is 0 Å². The molecule has 2 unspecified atom stereocenters. The second-order valence-corrected chi connectivity index (χ2v) is 4.37. The highest BCUT2D eigenvalue weighted by Gasteiger charge is 2.24. The fourth-order valence-electron chi connectivity index (χ4n) is 2.04. The van der Waals surface area contributed by atoms with Crippen LogP contribution in [0, 0.1) is 0 Å². The van der Waals surface area contributed by atoms with Gasteiger partial charge < -0.3 is 15.4 Å². The molecule has 16 heavy (non-hydrogen) atoms. The molecule has 1 saturated heterocycles. The van der Waals surface area contributed by atoms with Gasteiger partial charge in [-0.25, -0.2) is 0 Å². The van der Waals surface area contributed by atoms with Crippen molar-refractivity contribution in [3.63, 3.8) is 0 Å². The van der Waals surface area contributed by atoms with Gasteiger partial charge in [0.1, 0.15) is 0 Å². The van der Waals surface area contributed by atoms with Crippen LogP contribution in [0.3, 0.4) is 0 Å². The Morgan fingerprint density at radius 3 is 2.75 bits per heavy atom. The largest absolute Gasteiger partial charge is 0.374 e. The lowest BCUT2D eigenvalue weighted by molar-refractivity contribution is 0.00538. The Hall–Kier alpha value is -0.610. The number of likely N-dealkylation sites (N-methyl/N-ethyl adjacent to an activating group) is 1. The number of ether oxygens (including phenoxy) is 1. The van der Waals surface area contributed by atoms with E-state index in [-0.39, 0.29) is 12.1 Å². The van der Waals surface area contributed by atoms with Crippen molar-refractivity contribution in [2.75, 3.05) is 26.7 Å². The maximum Gasteiger partial charge on any atom is 0.0894 e. The summed E-state index contributed by atoms with van der Waals surface area (Å²) in [5.41, 5.74) is 1.21. The average molecular weight is 241 g/mol. The van der Waals surface area contributed by atoms with Crippen LogP contribution >= 0.6 is 11.6 Å². The van der Waals surface area contributed by atoms with E-state index in [1.54, 1.807) is 0 Å². The Labute approximate surface area is 101 Å². The predicted molar refractivity (Wildman–Crippen MR) is 65.9 cm³/mol. The van der Waals surface area contributed by atoms with E-state index in [1.165, 1.54) is 5.56 Å². The van der Waals surface area contributed by atoms with Crippen molar-refractivity contribution >= 4 is 11.6 Å². The van der Waals surface area contributed by atoms with Crippen LogP contribution in [-0.4, -0.2) is 32.8 Å². The Morgan fingerprint density at radius 1 is 1.44 bits per heavy atom. The average Bonchev–Trinajstić information content (AvgIpc) is 2.34. The summed E-state index contributed by atoms with van der Waals surface area (Å²) in [6.07, 6.45) is 0.180. The minimum atomic E-state index is 0.180. The highest BCUT2D eigenvalue weighted by Crippen LogP contribution is 2.21. The molecule has 1 aromatic carbocycles. The van der Waals surface area contributed by atoms with Crippen LogP contribution in [0.5, 0.6) is 0 Å². The van der Waals surface area contributed by atoms with Gasteiger partial charge in [0, 0.05) is 18.1 Å². The Kier molecular flexibility index (Phi) is 4.18. The quantitative estimate of drug-likeness (QED) is 0.842. The van der Waals surface area contributed by atoms with E-state index in [0.29, 0.717) is 0 Å². The molecule has 0 bridgehead atoms. The Morgan fingerprint density at radius 2 is 2.19 bits per heavy atom. The molecule has 1 aliphatic heterocycles. The molecule has 1 heterocycles. The maximum absolute atomic E-state index is 5.88. The van der Waals surface area contributed by atoms with Gasteiger partial charge in [0.05, 0.1) is 18.8 Å². The van der Waals surface area contributed by atoms with Gasteiger partial charge in [0.25, 0.3) is 0 Å². The summed E-state index contributed by atoms with van der Waals surface area (Å²) in [7, 11) is 1.96. The van der Waals surface area contributed by atoms with E-state index < -0.39 is 0 Å². The topological polar surface area (TPSA) is 33.3 Å². The lowest BCUT2D eigenvalue weighted by atomic mass is 10.0. The molecular weight excluding hydrogens is 224 g/mol. The number of nitrogens with one attached hydrogen (secondary N) is 2. The Balaban J connectivity index is 2.11. The zero-order chi connectivity index (χ0) is 11.4. The number of hydrogen-bond acceptors (Lipinski definition) is 3. The first-order valence-electron chi connectivity index (χ1n) is 5.56. The van der Waals surface area contributed by atoms with Crippen LogP contribution in [0.1, 0.15) is 11.6 Å². The second-order valence-electron chi connectivity index (χ2n) is 3.93. The summed E-state index contributed by atoms with van der Waals surface area (Å²) in [5.74, 6) is 0. The standard InChI is InChI=1S/C12H17ClN2O/c1-14-12(11-8-15-6-7-16-11)9-2-4-10(13)5-3-9/h2-5,11-12,14-15H,6-8H2,1H3. The molecule has 0 saturated carbocycles. The van der Waals surface area contributed by atoms with Crippen LogP contribution < -0.4 is 10.6 Å². The molecule has 0 spiro atoms. The van der Waals surface area contributed by atoms with Crippen molar-refractivity contribution in [3.05, 3.63) is 34.9 Å². The van der Waals surface area contributed by atoms with E-state index >= 15 is 0 Å². The summed E-state index contributed by atoms with van der Waals surface area (Å²) in [6, 6.07) is 8.13. The van der Waals surface area contributed by atoms with Gasteiger partial charge in [-0.3, -0.25) is 0 Å². The van der Waals surface area contributed by atoms with Crippen molar-refractivity contribution in [3.8, 4) is 0 Å². The van der Waals surface area contributed by atoms with Crippen LogP contribution in [0.2, 0.25) is 5.02 Å². The van der Waals surface area contributed by atoms with Gasteiger partial charge >= 0.3 is 0 Å². The third-order valence-electron chi connectivity index (χ3n) is 2.87. The molecule has 0 amide bonds. The summed E-state index contributed by atoms with van der Waals surface area (Å²) in [5, 5.41) is 7.40. The molecule has 4 heteroatoms. The van der Waals surface area contributed by atoms with Gasteiger partial charge in [0.15, 0.2) is 0 Å². The molecule has 2 N–H and O–H groups in total. The van der Waals surface area contributed by atoms with Gasteiger partial charge in [-0.1, -0.05) is 23.7 Å². The van der Waals surface area contributed by atoms with Crippen LogP contribution in [0.25, 0.3) is 0 Å². The normalized spacial score (nSPS) is 23.0. The smallest absolute Gasteiger partial charge is 0.0894 e. The molecule has 1 aliphatic rings. The van der Waals surface area contributed by atoms with Crippen LogP contribution in [0.4, 0.5) is 0 Å². The minimum Gasteiger partial charge on any atom is -0.374 e. The molecule has 1 fully saturated rings. The zero-order valence-corrected chi connectivity index (χ0v) is 10.1. The van der Waals surface area contributed by atoms with Gasteiger partial charge in [-0.05, 0) is 24.7 Å². The van der Waals surface area contributed by atoms with Crippen molar-refractivity contribution in [1.82, 2.24) is 10.6 Å². The Bertz CT molecular complexity index is 322.